The molecule has 0 aliphatic carbocycles. The zero-order valence-electron chi connectivity index (χ0n) is 11.2. The largest absolute Gasteiger partial charge is 0.378 e. The second kappa shape index (κ2) is 5.61. The maximum Gasteiger partial charge on any atom is 0.112 e. The van der Waals surface area contributed by atoms with Crippen LogP contribution in [0.1, 0.15) is 23.4 Å². The molecule has 2 aromatic rings. The highest BCUT2D eigenvalue weighted by atomic mass is 32.1. The number of nitrogens with zero attached hydrogens (tertiary/aromatic N) is 2. The van der Waals surface area contributed by atoms with Gasteiger partial charge in [0.05, 0.1) is 6.54 Å². The average molecular weight is 273 g/mol. The molecule has 0 atom stereocenters. The summed E-state index contributed by atoms with van der Waals surface area (Å²) in [5, 5.41) is 6.60. The van der Waals surface area contributed by atoms with Crippen molar-refractivity contribution in [3.05, 3.63) is 40.3 Å². The fourth-order valence-corrected chi connectivity index (χ4v) is 3.09. The van der Waals surface area contributed by atoms with Crippen molar-refractivity contribution in [3.8, 4) is 0 Å². The number of benzene rings is 1. The van der Waals surface area contributed by atoms with Gasteiger partial charge in [0.15, 0.2) is 0 Å². The summed E-state index contributed by atoms with van der Waals surface area (Å²) in [6.07, 6.45) is 4.50. The Morgan fingerprint density at radius 1 is 1.32 bits per heavy atom. The number of aromatic nitrogens is 1. The van der Waals surface area contributed by atoms with E-state index in [9.17, 15) is 0 Å². The molecule has 0 spiro atoms. The first kappa shape index (κ1) is 12.5. The molecular weight excluding hydrogens is 254 g/mol. The minimum atomic E-state index is 0.807. The lowest BCUT2D eigenvalue weighted by atomic mass is 10.1. The smallest absolute Gasteiger partial charge is 0.112 e. The summed E-state index contributed by atoms with van der Waals surface area (Å²) >= 11 is 1.69. The molecule has 1 saturated heterocycles. The number of rotatable bonds is 4. The molecule has 1 aromatic carbocycles. The predicted molar refractivity (Wildman–Crippen MR) is 82.1 cm³/mol. The molecule has 0 unspecified atom stereocenters. The topological polar surface area (TPSA) is 28.2 Å². The van der Waals surface area contributed by atoms with Gasteiger partial charge in [0.2, 0.25) is 0 Å². The predicted octanol–water partition coefficient (Wildman–Crippen LogP) is 3.66. The van der Waals surface area contributed by atoms with E-state index in [1.165, 1.54) is 42.9 Å². The summed E-state index contributed by atoms with van der Waals surface area (Å²) in [6, 6.07) is 6.70. The van der Waals surface area contributed by atoms with Crippen LogP contribution >= 0.6 is 11.3 Å². The van der Waals surface area contributed by atoms with E-state index in [-0.39, 0.29) is 0 Å². The van der Waals surface area contributed by atoms with Gasteiger partial charge in [-0.05, 0) is 43.5 Å². The highest BCUT2D eigenvalue weighted by Crippen LogP contribution is 2.25. The lowest BCUT2D eigenvalue weighted by Gasteiger charge is -2.19. The summed E-state index contributed by atoms with van der Waals surface area (Å²) < 4.78 is 0. The van der Waals surface area contributed by atoms with Crippen molar-refractivity contribution < 1.29 is 0 Å². The third-order valence-electron chi connectivity index (χ3n) is 3.59. The van der Waals surface area contributed by atoms with Gasteiger partial charge in [0.25, 0.3) is 0 Å². The van der Waals surface area contributed by atoms with Crippen LogP contribution in [-0.2, 0) is 6.54 Å². The molecule has 3 nitrogen and oxygen atoms in total. The molecule has 4 heteroatoms. The first-order valence-electron chi connectivity index (χ1n) is 6.81. The SMILES string of the molecule is Cc1cc(N2CCCC2)ccc1NCc1nccs1. The molecule has 0 radical (unpaired) electrons. The second-order valence-corrected chi connectivity index (χ2v) is 5.95. The fourth-order valence-electron chi connectivity index (χ4n) is 2.53. The number of thiazole rings is 1. The van der Waals surface area contributed by atoms with Crippen molar-refractivity contribution in [1.82, 2.24) is 4.98 Å². The molecule has 1 aromatic heterocycles. The van der Waals surface area contributed by atoms with Crippen molar-refractivity contribution in [2.24, 2.45) is 0 Å². The first-order chi connectivity index (χ1) is 9.33. The van der Waals surface area contributed by atoms with Crippen molar-refractivity contribution >= 4 is 22.7 Å². The summed E-state index contributed by atoms with van der Waals surface area (Å²) in [7, 11) is 0. The van der Waals surface area contributed by atoms with Gasteiger partial charge in [0.1, 0.15) is 5.01 Å². The Bertz CT molecular complexity index is 530. The minimum absolute atomic E-state index is 0.807. The van der Waals surface area contributed by atoms with Crippen molar-refractivity contribution in [3.63, 3.8) is 0 Å². The standard InChI is InChI=1S/C15H19N3S/c1-12-10-13(18-7-2-3-8-18)4-5-14(12)17-11-15-16-6-9-19-15/h4-6,9-10,17H,2-3,7-8,11H2,1H3. The van der Waals surface area contributed by atoms with E-state index in [4.69, 9.17) is 0 Å². The normalized spacial score (nSPS) is 14.9. The van der Waals surface area contributed by atoms with Crippen LogP contribution < -0.4 is 10.2 Å². The van der Waals surface area contributed by atoms with Crippen LogP contribution in [0.25, 0.3) is 0 Å². The number of nitrogens with one attached hydrogen (secondary N) is 1. The van der Waals surface area contributed by atoms with Crippen LogP contribution in [0.15, 0.2) is 29.8 Å². The highest BCUT2D eigenvalue weighted by Gasteiger charge is 2.12. The molecule has 3 rings (SSSR count). The summed E-state index contributed by atoms with van der Waals surface area (Å²) in [5.74, 6) is 0. The molecule has 0 amide bonds. The van der Waals surface area contributed by atoms with Crippen LogP contribution in [0.4, 0.5) is 11.4 Å². The Labute approximate surface area is 118 Å². The Balaban J connectivity index is 1.68. The van der Waals surface area contributed by atoms with E-state index in [2.05, 4.69) is 40.3 Å². The molecule has 2 heterocycles. The third-order valence-corrected chi connectivity index (χ3v) is 4.37. The monoisotopic (exact) mass is 273 g/mol. The Kier molecular flexibility index (Phi) is 3.69. The number of aryl methyl sites for hydroxylation is 1. The first-order valence-corrected chi connectivity index (χ1v) is 7.69. The number of hydrogen-bond donors (Lipinski definition) is 1. The lowest BCUT2D eigenvalue weighted by molar-refractivity contribution is 0.949. The van der Waals surface area contributed by atoms with Crippen LogP contribution in [-0.4, -0.2) is 18.1 Å². The van der Waals surface area contributed by atoms with E-state index in [1.54, 1.807) is 11.3 Å². The van der Waals surface area contributed by atoms with Crippen LogP contribution in [0.3, 0.4) is 0 Å². The fraction of sp³-hybridized carbons (Fsp3) is 0.400. The number of anilines is 2. The van der Waals surface area contributed by atoms with Crippen molar-refractivity contribution in [1.29, 1.82) is 0 Å². The Morgan fingerprint density at radius 2 is 2.16 bits per heavy atom. The van der Waals surface area contributed by atoms with Gasteiger partial charge in [-0.3, -0.25) is 0 Å². The van der Waals surface area contributed by atoms with Crippen molar-refractivity contribution in [2.75, 3.05) is 23.3 Å². The Morgan fingerprint density at radius 3 is 2.84 bits per heavy atom. The van der Waals surface area contributed by atoms with Crippen LogP contribution in [0, 0.1) is 6.92 Å². The summed E-state index contributed by atoms with van der Waals surface area (Å²) in [6.45, 7) is 5.38. The molecule has 1 aliphatic rings. The molecule has 100 valence electrons. The van der Waals surface area contributed by atoms with Crippen molar-refractivity contribution in [2.45, 2.75) is 26.3 Å². The summed E-state index contributed by atoms with van der Waals surface area (Å²) in [4.78, 5) is 6.76. The molecule has 0 bridgehead atoms. The average Bonchev–Trinajstić information content (AvgIpc) is 3.10. The van der Waals surface area contributed by atoms with E-state index < -0.39 is 0 Å². The summed E-state index contributed by atoms with van der Waals surface area (Å²) in [5.41, 5.74) is 3.87. The van der Waals surface area contributed by atoms with Gasteiger partial charge in [-0.25, -0.2) is 4.98 Å². The second-order valence-electron chi connectivity index (χ2n) is 4.97. The third kappa shape index (κ3) is 2.89. The van der Waals surface area contributed by atoms with Gasteiger partial charge in [-0.2, -0.15) is 0 Å². The quantitative estimate of drug-likeness (QED) is 0.921. The lowest BCUT2D eigenvalue weighted by Crippen LogP contribution is -2.17. The molecular formula is C15H19N3S. The number of hydrogen-bond acceptors (Lipinski definition) is 4. The molecule has 0 saturated carbocycles. The van der Waals surface area contributed by atoms with Crippen LogP contribution in [0.5, 0.6) is 0 Å². The van der Waals surface area contributed by atoms with Crippen LogP contribution in [0.2, 0.25) is 0 Å². The van der Waals surface area contributed by atoms with Gasteiger partial charge in [-0.15, -0.1) is 11.3 Å². The zero-order chi connectivity index (χ0) is 13.1. The van der Waals surface area contributed by atoms with Gasteiger partial charge >= 0.3 is 0 Å². The van der Waals surface area contributed by atoms with Gasteiger partial charge < -0.3 is 10.2 Å². The zero-order valence-corrected chi connectivity index (χ0v) is 12.0. The Hall–Kier alpha value is -1.55. The van der Waals surface area contributed by atoms with E-state index in [0.717, 1.165) is 11.6 Å². The maximum absolute atomic E-state index is 4.29. The highest BCUT2D eigenvalue weighted by molar-refractivity contribution is 7.09. The minimum Gasteiger partial charge on any atom is -0.378 e. The molecule has 1 fully saturated rings. The van der Waals surface area contributed by atoms with E-state index in [1.807, 2.05) is 11.6 Å². The molecule has 1 aliphatic heterocycles. The van der Waals surface area contributed by atoms with Gasteiger partial charge in [-0.1, -0.05) is 0 Å². The maximum atomic E-state index is 4.29. The van der Waals surface area contributed by atoms with E-state index in [0.29, 0.717) is 0 Å². The van der Waals surface area contributed by atoms with Gasteiger partial charge in [0, 0.05) is 36.0 Å². The molecule has 1 N–H and O–H groups in total. The van der Waals surface area contributed by atoms with E-state index >= 15 is 0 Å². The molecule has 19 heavy (non-hydrogen) atoms.